The lowest BCUT2D eigenvalue weighted by molar-refractivity contribution is 1.15. The van der Waals surface area contributed by atoms with Crippen LogP contribution in [0.5, 0.6) is 0 Å². The van der Waals surface area contributed by atoms with E-state index in [-0.39, 0.29) is 0 Å². The predicted octanol–water partition coefficient (Wildman–Crippen LogP) is 3.72. The van der Waals surface area contributed by atoms with Gasteiger partial charge in [0.15, 0.2) is 0 Å². The van der Waals surface area contributed by atoms with Gasteiger partial charge in [-0.1, -0.05) is 30.3 Å². The van der Waals surface area contributed by atoms with Crippen LogP contribution < -0.4 is 5.32 Å². The monoisotopic (exact) mass is 259 g/mol. The predicted molar refractivity (Wildman–Crippen MR) is 80.2 cm³/mol. The van der Waals surface area contributed by atoms with E-state index in [9.17, 15) is 0 Å². The summed E-state index contributed by atoms with van der Waals surface area (Å²) >= 11 is 0. The van der Waals surface area contributed by atoms with Crippen LogP contribution in [-0.2, 0) is 6.54 Å². The molecule has 0 bridgehead atoms. The molecule has 3 nitrogen and oxygen atoms in total. The lowest BCUT2D eigenvalue weighted by atomic mass is 10.1. The molecule has 0 unspecified atom stereocenters. The number of fused-ring (bicyclic) bond motifs is 1. The smallest absolute Gasteiger partial charge is 0.101 e. The molecule has 20 heavy (non-hydrogen) atoms. The number of anilines is 1. The molecule has 1 heterocycles. The van der Waals surface area contributed by atoms with Gasteiger partial charge in [-0.25, -0.2) is 0 Å². The van der Waals surface area contributed by atoms with Crippen molar-refractivity contribution in [1.82, 2.24) is 4.98 Å². The summed E-state index contributed by atoms with van der Waals surface area (Å²) in [7, 11) is 0. The Morgan fingerprint density at radius 3 is 2.65 bits per heavy atom. The fourth-order valence-electron chi connectivity index (χ4n) is 2.21. The maximum absolute atomic E-state index is 9.12. The number of benzene rings is 2. The second-order valence-corrected chi connectivity index (χ2v) is 4.51. The molecule has 0 fully saturated rings. The van der Waals surface area contributed by atoms with Gasteiger partial charge >= 0.3 is 0 Å². The molecule has 3 aromatic rings. The molecule has 3 heteroatoms. The first-order valence-electron chi connectivity index (χ1n) is 6.44. The van der Waals surface area contributed by atoms with Gasteiger partial charge in [0.1, 0.15) is 6.07 Å². The topological polar surface area (TPSA) is 48.7 Å². The van der Waals surface area contributed by atoms with Gasteiger partial charge in [0, 0.05) is 23.8 Å². The molecule has 0 spiro atoms. The lowest BCUT2D eigenvalue weighted by Crippen LogP contribution is -2.00. The average molecular weight is 259 g/mol. The van der Waals surface area contributed by atoms with E-state index in [0.717, 1.165) is 23.1 Å². The van der Waals surface area contributed by atoms with Crippen molar-refractivity contribution in [2.75, 3.05) is 5.32 Å². The number of nitriles is 1. The molecule has 0 aliphatic carbocycles. The second kappa shape index (κ2) is 5.41. The van der Waals surface area contributed by atoms with Gasteiger partial charge in [-0.15, -0.1) is 0 Å². The highest BCUT2D eigenvalue weighted by Gasteiger charge is 2.06. The van der Waals surface area contributed by atoms with Crippen LogP contribution in [0.1, 0.15) is 11.1 Å². The fraction of sp³-hybridized carbons (Fsp3) is 0.0588. The first-order chi connectivity index (χ1) is 9.88. The minimum Gasteiger partial charge on any atom is -0.380 e. The molecule has 1 aromatic heterocycles. The van der Waals surface area contributed by atoms with E-state index in [4.69, 9.17) is 5.26 Å². The Hall–Kier alpha value is -2.86. The summed E-state index contributed by atoms with van der Waals surface area (Å²) in [4.78, 5) is 4.31. The largest absolute Gasteiger partial charge is 0.380 e. The zero-order valence-electron chi connectivity index (χ0n) is 10.9. The third kappa shape index (κ3) is 2.32. The van der Waals surface area contributed by atoms with Crippen molar-refractivity contribution in [3.63, 3.8) is 0 Å². The van der Waals surface area contributed by atoms with E-state index in [1.54, 1.807) is 6.20 Å². The van der Waals surface area contributed by atoms with E-state index in [1.165, 1.54) is 5.56 Å². The second-order valence-electron chi connectivity index (χ2n) is 4.51. The summed E-state index contributed by atoms with van der Waals surface area (Å²) in [5.74, 6) is 0. The Bertz CT molecular complexity index is 773. The zero-order chi connectivity index (χ0) is 13.8. The fourth-order valence-corrected chi connectivity index (χ4v) is 2.21. The number of hydrogen-bond donors (Lipinski definition) is 1. The van der Waals surface area contributed by atoms with Crippen molar-refractivity contribution in [3.8, 4) is 6.07 Å². The molecule has 96 valence electrons. The summed E-state index contributed by atoms with van der Waals surface area (Å²) in [5, 5.41) is 13.5. The number of nitrogens with one attached hydrogen (secondary N) is 1. The molecular formula is C17H13N3. The van der Waals surface area contributed by atoms with Crippen LogP contribution in [0.3, 0.4) is 0 Å². The van der Waals surface area contributed by atoms with Gasteiger partial charge in [0.2, 0.25) is 0 Å². The van der Waals surface area contributed by atoms with E-state index < -0.39 is 0 Å². The van der Waals surface area contributed by atoms with Crippen LogP contribution in [0.4, 0.5) is 5.69 Å². The number of nitrogens with zero attached hydrogens (tertiary/aromatic N) is 2. The number of aromatic nitrogens is 1. The molecule has 1 N–H and O–H groups in total. The zero-order valence-corrected chi connectivity index (χ0v) is 10.9. The van der Waals surface area contributed by atoms with Crippen LogP contribution in [-0.4, -0.2) is 4.98 Å². The van der Waals surface area contributed by atoms with Crippen molar-refractivity contribution in [3.05, 3.63) is 71.9 Å². The summed E-state index contributed by atoms with van der Waals surface area (Å²) in [6.07, 6.45) is 1.71. The molecule has 0 amide bonds. The normalized spacial score (nSPS) is 10.2. The van der Waals surface area contributed by atoms with Crippen molar-refractivity contribution >= 4 is 16.6 Å². The Balaban J connectivity index is 1.95. The van der Waals surface area contributed by atoms with E-state index in [2.05, 4.69) is 28.5 Å². The summed E-state index contributed by atoms with van der Waals surface area (Å²) in [5.41, 5.74) is 3.56. The van der Waals surface area contributed by atoms with Gasteiger partial charge < -0.3 is 5.32 Å². The van der Waals surface area contributed by atoms with Crippen LogP contribution in [0.15, 0.2) is 60.8 Å². The molecule has 0 aliphatic rings. The quantitative estimate of drug-likeness (QED) is 0.779. The Labute approximate surface area is 117 Å². The summed E-state index contributed by atoms with van der Waals surface area (Å²) in [6, 6.07) is 20.0. The standard InChI is InChI=1S/C17H13N3/c18-11-14-8-9-16(15-7-4-10-19-17(14)15)20-12-13-5-2-1-3-6-13/h1-10,20H,12H2. The number of pyridine rings is 1. The van der Waals surface area contributed by atoms with Crippen LogP contribution in [0.25, 0.3) is 10.9 Å². The molecule has 3 rings (SSSR count). The maximum Gasteiger partial charge on any atom is 0.101 e. The minimum atomic E-state index is 0.603. The van der Waals surface area contributed by atoms with Crippen molar-refractivity contribution in [2.45, 2.75) is 6.54 Å². The maximum atomic E-state index is 9.12. The molecule has 2 aromatic carbocycles. The molecule has 0 atom stereocenters. The van der Waals surface area contributed by atoms with E-state index >= 15 is 0 Å². The van der Waals surface area contributed by atoms with Crippen molar-refractivity contribution in [1.29, 1.82) is 5.26 Å². The lowest BCUT2D eigenvalue weighted by Gasteiger charge is -2.10. The van der Waals surface area contributed by atoms with Crippen molar-refractivity contribution in [2.24, 2.45) is 0 Å². The highest BCUT2D eigenvalue weighted by atomic mass is 14.9. The first kappa shape index (κ1) is 12.2. The summed E-state index contributed by atoms with van der Waals surface area (Å²) < 4.78 is 0. The highest BCUT2D eigenvalue weighted by molar-refractivity contribution is 5.94. The van der Waals surface area contributed by atoms with Gasteiger partial charge in [-0.05, 0) is 29.8 Å². The Morgan fingerprint density at radius 2 is 1.85 bits per heavy atom. The summed E-state index contributed by atoms with van der Waals surface area (Å²) in [6.45, 7) is 0.747. The van der Waals surface area contributed by atoms with Crippen molar-refractivity contribution < 1.29 is 0 Å². The number of rotatable bonds is 3. The third-order valence-corrected chi connectivity index (χ3v) is 3.22. The molecule has 0 radical (unpaired) electrons. The van der Waals surface area contributed by atoms with Crippen LogP contribution in [0, 0.1) is 11.3 Å². The van der Waals surface area contributed by atoms with Gasteiger partial charge in [-0.2, -0.15) is 5.26 Å². The molecule has 0 saturated carbocycles. The van der Waals surface area contributed by atoms with Crippen LogP contribution in [0.2, 0.25) is 0 Å². The average Bonchev–Trinajstić information content (AvgIpc) is 2.53. The van der Waals surface area contributed by atoms with Gasteiger partial charge in [0.05, 0.1) is 11.1 Å². The van der Waals surface area contributed by atoms with Gasteiger partial charge in [0.25, 0.3) is 0 Å². The molecular weight excluding hydrogens is 246 g/mol. The SMILES string of the molecule is N#Cc1ccc(NCc2ccccc2)c2cccnc12. The number of hydrogen-bond acceptors (Lipinski definition) is 3. The molecule has 0 aliphatic heterocycles. The Kier molecular flexibility index (Phi) is 3.30. The molecule has 0 saturated heterocycles. The third-order valence-electron chi connectivity index (χ3n) is 3.22. The van der Waals surface area contributed by atoms with Crippen LogP contribution >= 0.6 is 0 Å². The van der Waals surface area contributed by atoms with E-state index in [1.807, 2.05) is 42.5 Å². The minimum absolute atomic E-state index is 0.603. The van der Waals surface area contributed by atoms with E-state index in [0.29, 0.717) is 5.56 Å². The van der Waals surface area contributed by atoms with Gasteiger partial charge in [-0.3, -0.25) is 4.98 Å². The highest BCUT2D eigenvalue weighted by Crippen LogP contribution is 2.25. The Morgan fingerprint density at radius 1 is 1.00 bits per heavy atom. The first-order valence-corrected chi connectivity index (χ1v) is 6.44.